The van der Waals surface area contributed by atoms with E-state index in [-0.39, 0.29) is 18.8 Å². The molecular formula is C13H15ClO3. The maximum atomic E-state index is 11.4. The summed E-state index contributed by atoms with van der Waals surface area (Å²) in [4.78, 5) is 21.9. The molecule has 0 spiro atoms. The van der Waals surface area contributed by atoms with E-state index in [4.69, 9.17) is 16.3 Å². The molecule has 0 saturated heterocycles. The molecule has 0 radical (unpaired) electrons. The topological polar surface area (TPSA) is 43.4 Å². The predicted molar refractivity (Wildman–Crippen MR) is 66.2 cm³/mol. The van der Waals surface area contributed by atoms with Crippen molar-refractivity contribution < 1.29 is 14.3 Å². The van der Waals surface area contributed by atoms with E-state index in [0.717, 1.165) is 12.0 Å². The average Bonchev–Trinajstić information content (AvgIpc) is 2.28. The molecule has 0 atom stereocenters. The summed E-state index contributed by atoms with van der Waals surface area (Å²) in [5.74, 6) is 0.211. The number of halogens is 1. The number of aryl methyl sites for hydroxylation is 1. The van der Waals surface area contributed by atoms with Gasteiger partial charge in [0.25, 0.3) is 0 Å². The minimum absolute atomic E-state index is 0.200. The lowest BCUT2D eigenvalue weighted by Gasteiger charge is -2.05. The van der Waals surface area contributed by atoms with Gasteiger partial charge in [-0.15, -0.1) is 0 Å². The van der Waals surface area contributed by atoms with Gasteiger partial charge in [-0.25, -0.2) is 0 Å². The molecule has 92 valence electrons. The molecule has 1 aromatic carbocycles. The lowest BCUT2D eigenvalue weighted by atomic mass is 10.2. The second kappa shape index (κ2) is 7.07. The van der Waals surface area contributed by atoms with Crippen molar-refractivity contribution in [2.24, 2.45) is 0 Å². The lowest BCUT2D eigenvalue weighted by molar-refractivity contribution is -0.134. The number of hydrogen-bond acceptors (Lipinski definition) is 3. The SMILES string of the molecule is CCc1cccc(OC(=O)CCCC(=O)Cl)c1. The molecule has 1 aromatic rings. The quantitative estimate of drug-likeness (QED) is 0.445. The molecule has 0 aliphatic rings. The maximum absolute atomic E-state index is 11.4. The van der Waals surface area contributed by atoms with Crippen LogP contribution in [0.25, 0.3) is 0 Å². The van der Waals surface area contributed by atoms with Crippen LogP contribution in [0.2, 0.25) is 0 Å². The van der Waals surface area contributed by atoms with E-state index in [9.17, 15) is 9.59 Å². The van der Waals surface area contributed by atoms with Crippen LogP contribution in [0, 0.1) is 0 Å². The summed E-state index contributed by atoms with van der Waals surface area (Å²) in [6.45, 7) is 2.03. The van der Waals surface area contributed by atoms with Gasteiger partial charge >= 0.3 is 5.97 Å². The summed E-state index contributed by atoms with van der Waals surface area (Å²) in [6.07, 6.45) is 1.72. The van der Waals surface area contributed by atoms with Crippen LogP contribution in [-0.4, -0.2) is 11.2 Å². The van der Waals surface area contributed by atoms with Gasteiger partial charge in [0.1, 0.15) is 5.75 Å². The molecule has 0 heterocycles. The molecule has 3 nitrogen and oxygen atoms in total. The highest BCUT2D eigenvalue weighted by atomic mass is 35.5. The first kappa shape index (κ1) is 13.7. The van der Waals surface area contributed by atoms with Crippen LogP contribution in [0.4, 0.5) is 0 Å². The normalized spacial score (nSPS) is 10.0. The zero-order chi connectivity index (χ0) is 12.7. The Hall–Kier alpha value is -1.35. The summed E-state index contributed by atoms with van der Waals surface area (Å²) in [5.41, 5.74) is 1.12. The van der Waals surface area contributed by atoms with Crippen molar-refractivity contribution in [2.45, 2.75) is 32.6 Å². The fraction of sp³-hybridized carbons (Fsp3) is 0.385. The van der Waals surface area contributed by atoms with E-state index in [1.165, 1.54) is 0 Å². The molecule has 0 fully saturated rings. The summed E-state index contributed by atoms with van der Waals surface area (Å²) in [6, 6.07) is 7.40. The number of esters is 1. The Kier molecular flexibility index (Phi) is 5.70. The van der Waals surface area contributed by atoms with Gasteiger partial charge in [0.15, 0.2) is 0 Å². The van der Waals surface area contributed by atoms with Gasteiger partial charge in [-0.2, -0.15) is 0 Å². The molecule has 0 unspecified atom stereocenters. The summed E-state index contributed by atoms with van der Waals surface area (Å²) >= 11 is 5.17. The molecule has 0 aliphatic heterocycles. The summed E-state index contributed by atoms with van der Waals surface area (Å²) in [5, 5.41) is -0.425. The number of carbonyl (C=O) groups is 2. The van der Waals surface area contributed by atoms with Crippen LogP contribution in [-0.2, 0) is 16.0 Å². The highest BCUT2D eigenvalue weighted by Gasteiger charge is 2.06. The third-order valence-electron chi connectivity index (χ3n) is 2.29. The molecule has 0 saturated carbocycles. The fourth-order valence-electron chi connectivity index (χ4n) is 1.38. The van der Waals surface area contributed by atoms with Gasteiger partial charge < -0.3 is 4.74 Å². The van der Waals surface area contributed by atoms with Crippen LogP contribution in [0.5, 0.6) is 5.75 Å². The Morgan fingerprint density at radius 2 is 2.06 bits per heavy atom. The molecule has 0 aliphatic carbocycles. The Bertz CT molecular complexity index is 401. The minimum atomic E-state index is -0.425. The summed E-state index contributed by atoms with van der Waals surface area (Å²) < 4.78 is 5.15. The van der Waals surface area contributed by atoms with Crippen LogP contribution in [0.1, 0.15) is 31.7 Å². The third-order valence-corrected chi connectivity index (χ3v) is 2.48. The zero-order valence-electron chi connectivity index (χ0n) is 9.74. The Balaban J connectivity index is 2.42. The molecular weight excluding hydrogens is 240 g/mol. The minimum Gasteiger partial charge on any atom is -0.427 e. The first-order chi connectivity index (χ1) is 8.11. The number of ether oxygens (including phenoxy) is 1. The third kappa shape index (κ3) is 5.50. The standard InChI is InChI=1S/C13H15ClO3/c1-2-10-5-3-6-11(9-10)17-13(16)8-4-7-12(14)15/h3,5-6,9H,2,4,7-8H2,1H3. The summed E-state index contributed by atoms with van der Waals surface area (Å²) in [7, 11) is 0. The first-order valence-electron chi connectivity index (χ1n) is 5.59. The monoisotopic (exact) mass is 254 g/mol. The van der Waals surface area contributed by atoms with Crippen LogP contribution < -0.4 is 4.74 Å². The van der Waals surface area contributed by atoms with Crippen molar-refractivity contribution in [1.29, 1.82) is 0 Å². The Morgan fingerprint density at radius 1 is 1.29 bits per heavy atom. The van der Waals surface area contributed by atoms with E-state index in [0.29, 0.717) is 12.2 Å². The maximum Gasteiger partial charge on any atom is 0.311 e. The van der Waals surface area contributed by atoms with Crippen molar-refractivity contribution in [2.75, 3.05) is 0 Å². The smallest absolute Gasteiger partial charge is 0.311 e. The first-order valence-corrected chi connectivity index (χ1v) is 5.97. The predicted octanol–water partition coefficient (Wildman–Crippen LogP) is 3.09. The van der Waals surface area contributed by atoms with Crippen LogP contribution in [0.15, 0.2) is 24.3 Å². The van der Waals surface area contributed by atoms with Crippen molar-refractivity contribution in [1.82, 2.24) is 0 Å². The molecule has 0 N–H and O–H groups in total. The van der Waals surface area contributed by atoms with E-state index in [1.54, 1.807) is 6.07 Å². The van der Waals surface area contributed by atoms with Crippen molar-refractivity contribution in [3.05, 3.63) is 29.8 Å². The fourth-order valence-corrected chi connectivity index (χ4v) is 1.52. The van der Waals surface area contributed by atoms with E-state index >= 15 is 0 Å². The van der Waals surface area contributed by atoms with Crippen molar-refractivity contribution in [3.8, 4) is 5.75 Å². The van der Waals surface area contributed by atoms with Crippen molar-refractivity contribution >= 4 is 22.8 Å². The van der Waals surface area contributed by atoms with E-state index < -0.39 is 5.24 Å². The number of benzene rings is 1. The van der Waals surface area contributed by atoms with Gasteiger partial charge in [-0.1, -0.05) is 19.1 Å². The number of carbonyl (C=O) groups excluding carboxylic acids is 2. The van der Waals surface area contributed by atoms with Crippen molar-refractivity contribution in [3.63, 3.8) is 0 Å². The second-order valence-corrected chi connectivity index (χ2v) is 4.11. The molecule has 1 rings (SSSR count). The number of hydrogen-bond donors (Lipinski definition) is 0. The lowest BCUT2D eigenvalue weighted by Crippen LogP contribution is -2.08. The molecule has 17 heavy (non-hydrogen) atoms. The van der Waals surface area contributed by atoms with Gasteiger partial charge in [0.2, 0.25) is 5.24 Å². The van der Waals surface area contributed by atoms with E-state index in [2.05, 4.69) is 0 Å². The Labute approximate surface area is 106 Å². The largest absolute Gasteiger partial charge is 0.427 e. The highest BCUT2D eigenvalue weighted by Crippen LogP contribution is 2.14. The van der Waals surface area contributed by atoms with E-state index in [1.807, 2.05) is 25.1 Å². The second-order valence-electron chi connectivity index (χ2n) is 3.68. The molecule has 0 aromatic heterocycles. The van der Waals surface area contributed by atoms with Crippen LogP contribution >= 0.6 is 11.6 Å². The van der Waals surface area contributed by atoms with Gasteiger partial charge in [-0.3, -0.25) is 9.59 Å². The van der Waals surface area contributed by atoms with Gasteiger partial charge in [0, 0.05) is 12.8 Å². The number of rotatable bonds is 6. The van der Waals surface area contributed by atoms with Gasteiger partial charge in [0.05, 0.1) is 0 Å². The molecule has 4 heteroatoms. The van der Waals surface area contributed by atoms with Gasteiger partial charge in [-0.05, 0) is 42.1 Å². The molecule has 0 bridgehead atoms. The van der Waals surface area contributed by atoms with Crippen LogP contribution in [0.3, 0.4) is 0 Å². The average molecular weight is 255 g/mol. The Morgan fingerprint density at radius 3 is 2.71 bits per heavy atom. The highest BCUT2D eigenvalue weighted by molar-refractivity contribution is 6.63. The zero-order valence-corrected chi connectivity index (χ0v) is 10.5. The molecule has 0 amide bonds.